The van der Waals surface area contributed by atoms with Gasteiger partial charge < -0.3 is 19.9 Å². The minimum atomic E-state index is -3.62. The number of ether oxygens (including phenoxy) is 1. The minimum Gasteiger partial charge on any atom is -0.495 e. The van der Waals surface area contributed by atoms with Crippen LogP contribution in [-0.4, -0.2) is 66.9 Å². The van der Waals surface area contributed by atoms with Crippen LogP contribution in [0, 0.1) is 0 Å². The van der Waals surface area contributed by atoms with Crippen LogP contribution < -0.4 is 10.1 Å². The molecule has 140 valence electrons. The number of aromatic amines is 1. The van der Waals surface area contributed by atoms with E-state index < -0.39 is 10.0 Å². The molecule has 0 unspecified atom stereocenters. The summed E-state index contributed by atoms with van der Waals surface area (Å²) in [5.41, 5.74) is 0.575. The maximum absolute atomic E-state index is 12.6. The summed E-state index contributed by atoms with van der Waals surface area (Å²) >= 11 is 0. The summed E-state index contributed by atoms with van der Waals surface area (Å²) in [5.74, 6) is 0.569. The highest BCUT2D eigenvalue weighted by molar-refractivity contribution is 7.89. The van der Waals surface area contributed by atoms with Crippen LogP contribution in [0.25, 0.3) is 0 Å². The Kier molecular flexibility index (Phi) is 5.43. The molecule has 0 bridgehead atoms. The number of methoxy groups -OCH3 is 1. The first kappa shape index (κ1) is 18.2. The summed E-state index contributed by atoms with van der Waals surface area (Å²) in [6, 6.07) is 6.85. The van der Waals surface area contributed by atoms with Gasteiger partial charge in [-0.1, -0.05) is 12.1 Å². The molecule has 1 saturated heterocycles. The van der Waals surface area contributed by atoms with Gasteiger partial charge in [0.25, 0.3) is 10.0 Å². The van der Waals surface area contributed by atoms with Crippen molar-refractivity contribution in [2.24, 2.45) is 0 Å². The molecule has 2 aromatic rings. The van der Waals surface area contributed by atoms with Crippen LogP contribution in [-0.2, 0) is 10.0 Å². The number of anilines is 1. The number of aromatic nitrogens is 2. The number of nitrogens with one attached hydrogen (secondary N) is 2. The molecule has 2 amide bonds. The summed E-state index contributed by atoms with van der Waals surface area (Å²) in [7, 11) is -2.09. The van der Waals surface area contributed by atoms with Crippen molar-refractivity contribution < 1.29 is 17.9 Å². The molecular weight excluding hydrogens is 358 g/mol. The van der Waals surface area contributed by atoms with E-state index in [1.807, 2.05) is 6.07 Å². The summed E-state index contributed by atoms with van der Waals surface area (Å²) in [4.78, 5) is 20.5. The number of nitrogens with zero attached hydrogens (tertiary/aromatic N) is 3. The van der Waals surface area contributed by atoms with Crippen LogP contribution in [0.5, 0.6) is 5.75 Å². The largest absolute Gasteiger partial charge is 0.495 e. The number of H-pyrrole nitrogens is 1. The molecular formula is C16H21N5O4S. The normalized spacial score (nSPS) is 16.1. The molecule has 2 N–H and O–H groups in total. The van der Waals surface area contributed by atoms with E-state index in [9.17, 15) is 13.2 Å². The number of rotatable bonds is 4. The average molecular weight is 379 g/mol. The van der Waals surface area contributed by atoms with Crippen LogP contribution in [0.1, 0.15) is 6.42 Å². The molecule has 10 heteroatoms. The molecule has 0 aliphatic carbocycles. The van der Waals surface area contributed by atoms with Crippen molar-refractivity contribution in [2.75, 3.05) is 38.6 Å². The first-order valence-electron chi connectivity index (χ1n) is 8.20. The fourth-order valence-electron chi connectivity index (χ4n) is 2.80. The first-order valence-corrected chi connectivity index (χ1v) is 9.64. The maximum Gasteiger partial charge on any atom is 0.321 e. The van der Waals surface area contributed by atoms with E-state index in [0.29, 0.717) is 37.5 Å². The van der Waals surface area contributed by atoms with Gasteiger partial charge in [0.2, 0.25) is 0 Å². The number of hydrogen-bond acceptors (Lipinski definition) is 5. The number of benzene rings is 1. The smallest absolute Gasteiger partial charge is 0.321 e. The lowest BCUT2D eigenvalue weighted by Crippen LogP contribution is -2.39. The third kappa shape index (κ3) is 3.81. The molecule has 26 heavy (non-hydrogen) atoms. The first-order chi connectivity index (χ1) is 12.5. The second-order valence-corrected chi connectivity index (χ2v) is 7.70. The van der Waals surface area contributed by atoms with E-state index in [-0.39, 0.29) is 17.6 Å². The molecule has 1 aromatic carbocycles. The number of carbonyl (C=O) groups excluding carboxylic acids is 1. The molecule has 1 aromatic heterocycles. The number of sulfonamides is 1. The molecule has 0 saturated carbocycles. The van der Waals surface area contributed by atoms with Crippen molar-refractivity contribution in [2.45, 2.75) is 11.4 Å². The number of imidazole rings is 1. The highest BCUT2D eigenvalue weighted by Crippen LogP contribution is 2.23. The summed E-state index contributed by atoms with van der Waals surface area (Å²) in [6.07, 6.45) is 3.16. The summed E-state index contributed by atoms with van der Waals surface area (Å²) in [6.45, 7) is 1.34. The zero-order valence-corrected chi connectivity index (χ0v) is 15.2. The predicted octanol–water partition coefficient (Wildman–Crippen LogP) is 1.35. The monoisotopic (exact) mass is 379 g/mol. The van der Waals surface area contributed by atoms with Crippen LogP contribution in [0.15, 0.2) is 41.8 Å². The average Bonchev–Trinajstić information content (AvgIpc) is 3.07. The Hall–Kier alpha value is -2.59. The van der Waals surface area contributed by atoms with Gasteiger partial charge in [0.1, 0.15) is 5.75 Å². The SMILES string of the molecule is COc1ccccc1NC(=O)N1CCCN(S(=O)(=O)c2cnc[nH]2)CC1. The van der Waals surface area contributed by atoms with Gasteiger partial charge in [0.05, 0.1) is 25.3 Å². The molecule has 3 rings (SSSR count). The van der Waals surface area contributed by atoms with Crippen LogP contribution >= 0.6 is 0 Å². The van der Waals surface area contributed by atoms with Gasteiger partial charge in [-0.3, -0.25) is 0 Å². The number of amides is 2. The van der Waals surface area contributed by atoms with Crippen molar-refractivity contribution in [1.29, 1.82) is 0 Å². The molecule has 1 fully saturated rings. The lowest BCUT2D eigenvalue weighted by molar-refractivity contribution is 0.214. The Labute approximate surface area is 152 Å². The Balaban J connectivity index is 1.66. The number of hydrogen-bond donors (Lipinski definition) is 2. The molecule has 0 atom stereocenters. The number of urea groups is 1. The lowest BCUT2D eigenvalue weighted by Gasteiger charge is -2.22. The van der Waals surface area contributed by atoms with E-state index >= 15 is 0 Å². The van der Waals surface area contributed by atoms with Crippen molar-refractivity contribution in [3.05, 3.63) is 36.8 Å². The Morgan fingerprint density at radius 1 is 1.23 bits per heavy atom. The van der Waals surface area contributed by atoms with Crippen LogP contribution in [0.3, 0.4) is 0 Å². The van der Waals surface area contributed by atoms with E-state index in [4.69, 9.17) is 4.74 Å². The quantitative estimate of drug-likeness (QED) is 0.834. The van der Waals surface area contributed by atoms with Gasteiger partial charge in [-0.15, -0.1) is 0 Å². The van der Waals surface area contributed by atoms with Crippen molar-refractivity contribution >= 4 is 21.7 Å². The van der Waals surface area contributed by atoms with E-state index in [1.165, 1.54) is 23.9 Å². The van der Waals surface area contributed by atoms with Gasteiger partial charge in [-0.25, -0.2) is 18.2 Å². The van der Waals surface area contributed by atoms with Gasteiger partial charge in [0, 0.05) is 26.2 Å². The second kappa shape index (κ2) is 7.75. The molecule has 1 aliphatic heterocycles. The van der Waals surface area contributed by atoms with Crippen LogP contribution in [0.4, 0.5) is 10.5 Å². The highest BCUT2D eigenvalue weighted by Gasteiger charge is 2.29. The zero-order chi connectivity index (χ0) is 18.6. The third-order valence-corrected chi connectivity index (χ3v) is 6.01. The Bertz CT molecular complexity index is 853. The predicted molar refractivity (Wildman–Crippen MR) is 95.5 cm³/mol. The Morgan fingerprint density at radius 2 is 2.04 bits per heavy atom. The molecule has 0 spiro atoms. The van der Waals surface area contributed by atoms with Crippen molar-refractivity contribution in [1.82, 2.24) is 19.2 Å². The minimum absolute atomic E-state index is 0.0597. The number of para-hydroxylation sites is 2. The topological polar surface area (TPSA) is 108 Å². The van der Waals surface area contributed by atoms with E-state index in [2.05, 4.69) is 15.3 Å². The fourth-order valence-corrected chi connectivity index (χ4v) is 4.17. The summed E-state index contributed by atoms with van der Waals surface area (Å²) in [5, 5.41) is 2.88. The summed E-state index contributed by atoms with van der Waals surface area (Å²) < 4.78 is 31.7. The standard InChI is InChI=1S/C16H21N5O4S/c1-25-14-6-3-2-5-13(14)19-16(22)20-7-4-8-21(10-9-20)26(23,24)15-11-17-12-18-15/h2-3,5-6,11-12H,4,7-10H2,1H3,(H,17,18)(H,19,22). The van der Waals surface area contributed by atoms with E-state index in [1.54, 1.807) is 23.1 Å². The fraction of sp³-hybridized carbons (Fsp3) is 0.375. The molecule has 2 heterocycles. The van der Waals surface area contributed by atoms with Gasteiger partial charge in [0.15, 0.2) is 5.03 Å². The highest BCUT2D eigenvalue weighted by atomic mass is 32.2. The van der Waals surface area contributed by atoms with Crippen molar-refractivity contribution in [3.8, 4) is 5.75 Å². The van der Waals surface area contributed by atoms with Crippen LogP contribution in [0.2, 0.25) is 0 Å². The van der Waals surface area contributed by atoms with Crippen molar-refractivity contribution in [3.63, 3.8) is 0 Å². The second-order valence-electron chi connectivity index (χ2n) is 5.79. The Morgan fingerprint density at radius 3 is 2.77 bits per heavy atom. The maximum atomic E-state index is 12.6. The van der Waals surface area contributed by atoms with Gasteiger partial charge in [-0.2, -0.15) is 4.31 Å². The lowest BCUT2D eigenvalue weighted by atomic mass is 10.3. The van der Waals surface area contributed by atoms with E-state index in [0.717, 1.165) is 0 Å². The molecule has 1 aliphatic rings. The third-order valence-electron chi connectivity index (χ3n) is 4.18. The zero-order valence-electron chi connectivity index (χ0n) is 14.4. The van der Waals surface area contributed by atoms with Gasteiger partial charge in [-0.05, 0) is 18.6 Å². The molecule has 0 radical (unpaired) electrons. The molecule has 9 nitrogen and oxygen atoms in total. The van der Waals surface area contributed by atoms with Gasteiger partial charge >= 0.3 is 6.03 Å². The number of carbonyl (C=O) groups is 1.